The summed E-state index contributed by atoms with van der Waals surface area (Å²) in [5.41, 5.74) is 1.13. The van der Waals surface area contributed by atoms with Crippen LogP contribution in [0.25, 0.3) is 0 Å². The van der Waals surface area contributed by atoms with Gasteiger partial charge in [0, 0.05) is 12.8 Å². The number of hydrogen-bond acceptors (Lipinski definition) is 5. The molecule has 2 rings (SSSR count). The molecule has 1 aromatic carbocycles. The molecule has 2 amide bonds. The van der Waals surface area contributed by atoms with Crippen LogP contribution in [0.2, 0.25) is 0 Å². The highest BCUT2D eigenvalue weighted by molar-refractivity contribution is 6.01. The van der Waals surface area contributed by atoms with Crippen molar-refractivity contribution >= 4 is 17.8 Å². The molecule has 0 aromatic heterocycles. The Kier molecular flexibility index (Phi) is 3.57. The zero-order chi connectivity index (χ0) is 13.8. The number of nitrogens with zero attached hydrogens (tertiary/aromatic N) is 2. The molecule has 1 aliphatic heterocycles. The van der Waals surface area contributed by atoms with E-state index in [2.05, 4.69) is 0 Å². The van der Waals surface area contributed by atoms with Gasteiger partial charge in [-0.2, -0.15) is 5.26 Å². The third kappa shape index (κ3) is 2.96. The van der Waals surface area contributed by atoms with Crippen molar-refractivity contribution in [3.63, 3.8) is 0 Å². The van der Waals surface area contributed by atoms with Crippen molar-refractivity contribution in [2.75, 3.05) is 0 Å². The van der Waals surface area contributed by atoms with E-state index in [0.29, 0.717) is 16.2 Å². The number of carbonyl (C=O) groups is 3. The number of carbonyl (C=O) groups excluding carboxylic acids is 3. The fourth-order valence-electron chi connectivity index (χ4n) is 1.66. The molecule has 19 heavy (non-hydrogen) atoms. The van der Waals surface area contributed by atoms with Gasteiger partial charge < -0.3 is 4.84 Å². The summed E-state index contributed by atoms with van der Waals surface area (Å²) in [6.45, 7) is 0. The van der Waals surface area contributed by atoms with E-state index in [1.54, 1.807) is 24.3 Å². The Balaban J connectivity index is 1.95. The van der Waals surface area contributed by atoms with E-state index >= 15 is 0 Å². The predicted molar refractivity (Wildman–Crippen MR) is 62.0 cm³/mol. The molecule has 0 bridgehead atoms. The Hall–Kier alpha value is -2.68. The van der Waals surface area contributed by atoms with Crippen LogP contribution in [-0.4, -0.2) is 22.8 Å². The molecular weight excluding hydrogens is 248 g/mol. The SMILES string of the molecule is N#Cc1ccc(CC(=O)ON2C(=O)CCC2=O)cc1. The largest absolute Gasteiger partial charge is 0.337 e. The molecule has 1 fully saturated rings. The van der Waals surface area contributed by atoms with Crippen LogP contribution in [0.5, 0.6) is 0 Å². The summed E-state index contributed by atoms with van der Waals surface area (Å²) in [6.07, 6.45) is 0.0781. The van der Waals surface area contributed by atoms with Crippen LogP contribution in [0.3, 0.4) is 0 Å². The van der Waals surface area contributed by atoms with E-state index in [0.717, 1.165) is 0 Å². The summed E-state index contributed by atoms with van der Waals surface area (Å²) in [5.74, 6) is -1.69. The van der Waals surface area contributed by atoms with Gasteiger partial charge in [-0.1, -0.05) is 12.1 Å². The summed E-state index contributed by atoms with van der Waals surface area (Å²) >= 11 is 0. The molecule has 0 atom stereocenters. The number of nitriles is 1. The van der Waals surface area contributed by atoms with Crippen molar-refractivity contribution in [1.29, 1.82) is 5.26 Å². The molecule has 0 unspecified atom stereocenters. The lowest BCUT2D eigenvalue weighted by Gasteiger charge is -2.12. The van der Waals surface area contributed by atoms with E-state index in [-0.39, 0.29) is 19.3 Å². The summed E-state index contributed by atoms with van der Waals surface area (Å²) in [6, 6.07) is 8.36. The second-order valence-corrected chi connectivity index (χ2v) is 4.03. The second kappa shape index (κ2) is 5.31. The van der Waals surface area contributed by atoms with Crippen molar-refractivity contribution in [1.82, 2.24) is 5.06 Å². The number of hydroxylamine groups is 2. The van der Waals surface area contributed by atoms with Gasteiger partial charge in [-0.3, -0.25) is 9.59 Å². The van der Waals surface area contributed by atoms with E-state index in [9.17, 15) is 14.4 Å². The topological polar surface area (TPSA) is 87.5 Å². The summed E-state index contributed by atoms with van der Waals surface area (Å²) in [5, 5.41) is 9.15. The number of rotatable bonds is 3. The molecular formula is C13H10N2O4. The monoisotopic (exact) mass is 258 g/mol. The van der Waals surface area contributed by atoms with Gasteiger partial charge in [0.1, 0.15) is 0 Å². The first-order valence-electron chi connectivity index (χ1n) is 5.66. The maximum absolute atomic E-state index is 11.6. The van der Waals surface area contributed by atoms with Crippen molar-refractivity contribution in [3.8, 4) is 6.07 Å². The number of benzene rings is 1. The van der Waals surface area contributed by atoms with Crippen LogP contribution in [-0.2, 0) is 25.6 Å². The Morgan fingerprint density at radius 2 is 1.79 bits per heavy atom. The smallest absolute Gasteiger partial charge is 0.330 e. The molecule has 96 valence electrons. The summed E-state index contributed by atoms with van der Waals surface area (Å²) in [7, 11) is 0. The molecule has 0 aliphatic carbocycles. The second-order valence-electron chi connectivity index (χ2n) is 4.03. The highest BCUT2D eigenvalue weighted by Crippen LogP contribution is 2.13. The lowest BCUT2D eigenvalue weighted by Crippen LogP contribution is -2.32. The van der Waals surface area contributed by atoms with E-state index in [4.69, 9.17) is 10.1 Å². The average molecular weight is 258 g/mol. The minimum Gasteiger partial charge on any atom is -0.330 e. The quantitative estimate of drug-likeness (QED) is 0.745. The van der Waals surface area contributed by atoms with Gasteiger partial charge in [-0.25, -0.2) is 4.79 Å². The highest BCUT2D eigenvalue weighted by Gasteiger charge is 2.32. The van der Waals surface area contributed by atoms with Gasteiger partial charge in [-0.15, -0.1) is 5.06 Å². The van der Waals surface area contributed by atoms with Gasteiger partial charge in [0.05, 0.1) is 18.1 Å². The van der Waals surface area contributed by atoms with E-state index in [1.165, 1.54) is 0 Å². The standard InChI is InChI=1S/C13H10N2O4/c14-8-10-3-1-9(2-4-10)7-13(18)19-15-11(16)5-6-12(15)17/h1-4H,5-7H2. The van der Waals surface area contributed by atoms with Crippen LogP contribution in [0.4, 0.5) is 0 Å². The molecule has 1 aliphatic rings. The van der Waals surface area contributed by atoms with Crippen LogP contribution in [0.1, 0.15) is 24.0 Å². The molecule has 6 nitrogen and oxygen atoms in total. The zero-order valence-electron chi connectivity index (χ0n) is 9.96. The maximum Gasteiger partial charge on any atom is 0.337 e. The predicted octanol–water partition coefficient (Wildman–Crippen LogP) is 0.708. The Morgan fingerprint density at radius 1 is 1.21 bits per heavy atom. The third-order valence-electron chi connectivity index (χ3n) is 2.63. The average Bonchev–Trinajstić information content (AvgIpc) is 2.71. The minimum absolute atomic E-state index is 0.0667. The molecule has 0 radical (unpaired) electrons. The fraction of sp³-hybridized carbons (Fsp3) is 0.231. The van der Waals surface area contributed by atoms with Crippen molar-refractivity contribution in [2.24, 2.45) is 0 Å². The first-order chi connectivity index (χ1) is 9.10. The maximum atomic E-state index is 11.6. The molecule has 0 saturated carbocycles. The number of hydrogen-bond donors (Lipinski definition) is 0. The first kappa shape index (κ1) is 12.8. The Labute approximate surface area is 109 Å². The van der Waals surface area contributed by atoms with Gasteiger partial charge >= 0.3 is 5.97 Å². The highest BCUT2D eigenvalue weighted by atomic mass is 16.7. The Morgan fingerprint density at radius 3 is 2.32 bits per heavy atom. The molecule has 0 spiro atoms. The molecule has 1 saturated heterocycles. The molecule has 6 heteroatoms. The van der Waals surface area contributed by atoms with Crippen molar-refractivity contribution in [3.05, 3.63) is 35.4 Å². The minimum atomic E-state index is -0.687. The van der Waals surface area contributed by atoms with Crippen molar-refractivity contribution < 1.29 is 19.2 Å². The van der Waals surface area contributed by atoms with Crippen LogP contribution in [0, 0.1) is 11.3 Å². The van der Waals surface area contributed by atoms with Crippen LogP contribution < -0.4 is 0 Å². The van der Waals surface area contributed by atoms with Gasteiger partial charge in [0.2, 0.25) is 0 Å². The van der Waals surface area contributed by atoms with Crippen LogP contribution in [0.15, 0.2) is 24.3 Å². The number of amides is 2. The molecule has 1 aromatic rings. The number of imide groups is 1. The lowest BCUT2D eigenvalue weighted by molar-refractivity contribution is -0.197. The van der Waals surface area contributed by atoms with Gasteiger partial charge in [0.15, 0.2) is 0 Å². The molecule has 0 N–H and O–H groups in total. The van der Waals surface area contributed by atoms with Crippen LogP contribution >= 0.6 is 0 Å². The van der Waals surface area contributed by atoms with Gasteiger partial charge in [0.25, 0.3) is 11.8 Å². The van der Waals surface area contributed by atoms with E-state index < -0.39 is 17.8 Å². The Bertz CT molecular complexity index is 555. The summed E-state index contributed by atoms with van der Waals surface area (Å²) < 4.78 is 0. The van der Waals surface area contributed by atoms with Gasteiger partial charge in [-0.05, 0) is 17.7 Å². The normalized spacial score (nSPS) is 14.4. The van der Waals surface area contributed by atoms with E-state index in [1.807, 2.05) is 6.07 Å². The molecule has 1 heterocycles. The fourth-order valence-corrected chi connectivity index (χ4v) is 1.66. The lowest BCUT2D eigenvalue weighted by atomic mass is 10.1. The first-order valence-corrected chi connectivity index (χ1v) is 5.66. The zero-order valence-corrected chi connectivity index (χ0v) is 9.96. The third-order valence-corrected chi connectivity index (χ3v) is 2.63. The van der Waals surface area contributed by atoms with Crippen molar-refractivity contribution in [2.45, 2.75) is 19.3 Å². The summed E-state index contributed by atoms with van der Waals surface area (Å²) in [4.78, 5) is 38.8.